The van der Waals surface area contributed by atoms with Crippen molar-refractivity contribution < 1.29 is 26.8 Å². The second-order valence-electron chi connectivity index (χ2n) is 6.04. The number of amidine groups is 1. The van der Waals surface area contributed by atoms with E-state index in [1.807, 2.05) is 0 Å². The third kappa shape index (κ3) is 3.16. The second-order valence-corrected chi connectivity index (χ2v) is 7.05. The topological polar surface area (TPSA) is 140 Å². The lowest BCUT2D eigenvalue weighted by atomic mass is 9.84. The molecule has 3 amide bonds. The molecule has 0 aromatic carbocycles. The van der Waals surface area contributed by atoms with E-state index in [4.69, 9.17) is 9.96 Å². The first-order valence-corrected chi connectivity index (χ1v) is 8.79. The maximum absolute atomic E-state index is 12.2. The molecule has 0 aromatic heterocycles. The molecule has 0 spiro atoms. The molecule has 3 aliphatic rings. The fraction of sp³-hybridized carbons (Fsp3) is 0.750. The van der Waals surface area contributed by atoms with E-state index < -0.39 is 28.5 Å². The summed E-state index contributed by atoms with van der Waals surface area (Å²) >= 11 is 0. The highest BCUT2D eigenvalue weighted by atomic mass is 32.3. The van der Waals surface area contributed by atoms with Gasteiger partial charge in [-0.2, -0.15) is 13.5 Å². The molecular weight excluding hydrogens is 328 g/mol. The number of hydrogen-bond donors (Lipinski definition) is 3. The average Bonchev–Trinajstić information content (AvgIpc) is 2.60. The second kappa shape index (κ2) is 5.73. The first kappa shape index (κ1) is 16.1. The fourth-order valence-electron chi connectivity index (χ4n) is 3.12. The summed E-state index contributed by atoms with van der Waals surface area (Å²) < 4.78 is 34.7. The number of amides is 3. The van der Waals surface area contributed by atoms with Crippen LogP contribution in [0.15, 0.2) is 0 Å². The molecule has 2 aliphatic heterocycles. The van der Waals surface area contributed by atoms with E-state index in [1.165, 1.54) is 4.90 Å². The molecule has 2 unspecified atom stereocenters. The lowest BCUT2D eigenvalue weighted by molar-refractivity contribution is -0.125. The maximum atomic E-state index is 12.2. The Morgan fingerprint density at radius 2 is 2.00 bits per heavy atom. The van der Waals surface area contributed by atoms with Crippen molar-refractivity contribution in [2.45, 2.75) is 44.2 Å². The van der Waals surface area contributed by atoms with Gasteiger partial charge in [-0.25, -0.2) is 4.79 Å². The van der Waals surface area contributed by atoms with Crippen molar-refractivity contribution in [2.24, 2.45) is 5.92 Å². The van der Waals surface area contributed by atoms with E-state index in [1.54, 1.807) is 0 Å². The summed E-state index contributed by atoms with van der Waals surface area (Å²) in [5.74, 6) is -0.344. The number of nitrogens with zero attached hydrogens (tertiary/aromatic N) is 2. The van der Waals surface area contributed by atoms with Crippen molar-refractivity contribution in [3.05, 3.63) is 0 Å². The molecule has 3 fully saturated rings. The Bertz CT molecular complexity index is 646. The van der Waals surface area contributed by atoms with Crippen LogP contribution in [0.5, 0.6) is 0 Å². The fourth-order valence-corrected chi connectivity index (χ4v) is 3.51. The predicted molar refractivity (Wildman–Crippen MR) is 76.6 cm³/mol. The van der Waals surface area contributed by atoms with Gasteiger partial charge in [0.2, 0.25) is 5.91 Å². The molecular formula is C12H18N4O6S. The van der Waals surface area contributed by atoms with Crippen molar-refractivity contribution in [3.8, 4) is 0 Å². The summed E-state index contributed by atoms with van der Waals surface area (Å²) in [5, 5.41) is 11.2. The number of urea groups is 1. The summed E-state index contributed by atoms with van der Waals surface area (Å²) in [4.78, 5) is 25.4. The zero-order valence-corrected chi connectivity index (χ0v) is 13.1. The summed E-state index contributed by atoms with van der Waals surface area (Å²) in [6.07, 6.45) is 3.44. The Kier molecular flexibility index (Phi) is 4.02. The van der Waals surface area contributed by atoms with Crippen LogP contribution in [0, 0.1) is 11.3 Å². The van der Waals surface area contributed by atoms with E-state index in [9.17, 15) is 18.0 Å². The van der Waals surface area contributed by atoms with Gasteiger partial charge < -0.3 is 10.2 Å². The molecule has 128 valence electrons. The Balaban J connectivity index is 1.66. The highest BCUT2D eigenvalue weighted by Gasteiger charge is 2.48. The predicted octanol–water partition coefficient (Wildman–Crippen LogP) is -0.117. The van der Waals surface area contributed by atoms with Crippen molar-refractivity contribution in [2.75, 3.05) is 6.54 Å². The molecule has 3 rings (SSSR count). The molecule has 23 heavy (non-hydrogen) atoms. The summed E-state index contributed by atoms with van der Waals surface area (Å²) in [5.41, 5.74) is 0. The van der Waals surface area contributed by atoms with Crippen LogP contribution >= 0.6 is 0 Å². The third-order valence-electron chi connectivity index (χ3n) is 4.56. The van der Waals surface area contributed by atoms with Crippen LogP contribution in [-0.2, 0) is 19.5 Å². The molecule has 0 aromatic rings. The standard InChI is InChI=1S/C12H18N4O6S/c13-10(14-11(17)7-2-1-3-7)9-5-4-8-6-15(9)12(18)16(8)22-23(19,20)21/h7-9H,1-6H2,(H2,13,14,17)(H,19,20,21). The van der Waals surface area contributed by atoms with Crippen molar-refractivity contribution in [1.82, 2.24) is 15.3 Å². The molecule has 2 atom stereocenters. The van der Waals surface area contributed by atoms with Gasteiger partial charge in [-0.3, -0.25) is 14.8 Å². The molecule has 3 N–H and O–H groups in total. The summed E-state index contributed by atoms with van der Waals surface area (Å²) in [6, 6.07) is -1.87. The first-order chi connectivity index (χ1) is 10.8. The van der Waals surface area contributed by atoms with Gasteiger partial charge in [0.25, 0.3) is 0 Å². The maximum Gasteiger partial charge on any atom is 0.418 e. The Hall–Kier alpha value is -1.72. The van der Waals surface area contributed by atoms with Gasteiger partial charge in [0.15, 0.2) is 0 Å². The number of piperidine rings is 1. The molecule has 2 saturated heterocycles. The van der Waals surface area contributed by atoms with Crippen LogP contribution in [0.2, 0.25) is 0 Å². The number of carbonyl (C=O) groups excluding carboxylic acids is 2. The van der Waals surface area contributed by atoms with Crippen LogP contribution in [0.4, 0.5) is 4.79 Å². The minimum Gasteiger partial charge on any atom is -0.313 e. The van der Waals surface area contributed by atoms with Gasteiger partial charge in [0.1, 0.15) is 5.84 Å². The summed E-state index contributed by atoms with van der Waals surface area (Å²) in [7, 11) is -4.79. The van der Waals surface area contributed by atoms with Gasteiger partial charge in [0, 0.05) is 12.5 Å². The van der Waals surface area contributed by atoms with Gasteiger partial charge in [-0.1, -0.05) is 6.42 Å². The van der Waals surface area contributed by atoms with E-state index in [0.717, 1.165) is 19.3 Å². The number of rotatable bonds is 4. The molecule has 2 bridgehead atoms. The Labute approximate surface area is 133 Å². The van der Waals surface area contributed by atoms with Crippen molar-refractivity contribution in [1.29, 1.82) is 5.41 Å². The van der Waals surface area contributed by atoms with Crippen LogP contribution in [0.1, 0.15) is 32.1 Å². The molecule has 10 nitrogen and oxygen atoms in total. The van der Waals surface area contributed by atoms with Crippen LogP contribution in [0.25, 0.3) is 0 Å². The molecule has 2 heterocycles. The minimum absolute atomic E-state index is 0.0672. The largest absolute Gasteiger partial charge is 0.418 e. The minimum atomic E-state index is -4.79. The van der Waals surface area contributed by atoms with E-state index in [-0.39, 0.29) is 24.2 Å². The molecule has 1 aliphatic carbocycles. The number of carbonyl (C=O) groups is 2. The van der Waals surface area contributed by atoms with Crippen LogP contribution in [-0.4, -0.2) is 59.3 Å². The van der Waals surface area contributed by atoms with Gasteiger partial charge in [0.05, 0.1) is 12.1 Å². The van der Waals surface area contributed by atoms with Crippen LogP contribution < -0.4 is 5.32 Å². The zero-order chi connectivity index (χ0) is 16.8. The summed E-state index contributed by atoms with van der Waals surface area (Å²) in [6.45, 7) is 0.181. The van der Waals surface area contributed by atoms with E-state index in [0.29, 0.717) is 17.9 Å². The lowest BCUT2D eigenvalue weighted by Crippen LogP contribution is -2.52. The van der Waals surface area contributed by atoms with Crippen molar-refractivity contribution >= 4 is 28.2 Å². The smallest absolute Gasteiger partial charge is 0.313 e. The number of hydroxylamine groups is 2. The molecule has 1 saturated carbocycles. The van der Waals surface area contributed by atoms with Gasteiger partial charge >= 0.3 is 16.4 Å². The van der Waals surface area contributed by atoms with Gasteiger partial charge in [-0.15, -0.1) is 4.28 Å². The number of hydrogen-bond acceptors (Lipinski definition) is 6. The Morgan fingerprint density at radius 1 is 1.30 bits per heavy atom. The SMILES string of the molecule is N=C(NC(=O)C1CCC1)C1CCC2CN1C(=O)N2OS(=O)(=O)O. The average molecular weight is 346 g/mol. The van der Waals surface area contributed by atoms with Crippen molar-refractivity contribution in [3.63, 3.8) is 0 Å². The first-order valence-electron chi connectivity index (χ1n) is 7.42. The third-order valence-corrected chi connectivity index (χ3v) is 4.91. The molecule has 0 radical (unpaired) electrons. The highest BCUT2D eigenvalue weighted by molar-refractivity contribution is 7.80. The number of fused-ring (bicyclic) bond motifs is 2. The quantitative estimate of drug-likeness (QED) is 0.368. The highest BCUT2D eigenvalue weighted by Crippen LogP contribution is 2.31. The zero-order valence-electron chi connectivity index (χ0n) is 12.3. The lowest BCUT2D eigenvalue weighted by Gasteiger charge is -2.32. The Morgan fingerprint density at radius 3 is 2.57 bits per heavy atom. The van der Waals surface area contributed by atoms with E-state index in [2.05, 4.69) is 9.60 Å². The normalized spacial score (nSPS) is 27.8. The van der Waals surface area contributed by atoms with Gasteiger partial charge in [-0.05, 0) is 25.7 Å². The van der Waals surface area contributed by atoms with E-state index >= 15 is 0 Å². The monoisotopic (exact) mass is 346 g/mol. The number of nitrogens with one attached hydrogen (secondary N) is 2. The molecule has 11 heteroatoms. The van der Waals surface area contributed by atoms with Crippen LogP contribution in [0.3, 0.4) is 0 Å².